The maximum Gasteiger partial charge on any atom is 0.233 e. The van der Waals surface area contributed by atoms with Crippen molar-refractivity contribution in [3.05, 3.63) is 24.3 Å². The molecule has 51 heavy (non-hydrogen) atoms. The molecule has 2 aromatic rings. The molecule has 1 aromatic carbocycles. The second-order valence-corrected chi connectivity index (χ2v) is 15.3. The van der Waals surface area contributed by atoms with E-state index >= 15 is 0 Å². The van der Waals surface area contributed by atoms with Crippen LogP contribution in [0.25, 0.3) is 0 Å². The fraction of sp³-hybridized carbons (Fsp3) is 0.757. The van der Waals surface area contributed by atoms with E-state index in [-0.39, 0.29) is 18.1 Å². The van der Waals surface area contributed by atoms with Gasteiger partial charge in [0.1, 0.15) is 5.75 Å². The van der Waals surface area contributed by atoms with E-state index < -0.39 is 17.7 Å². The third-order valence-corrected chi connectivity index (χ3v) is 11.2. The first-order valence-electron chi connectivity index (χ1n) is 18.9. The van der Waals surface area contributed by atoms with Gasteiger partial charge in [-0.3, -0.25) is 4.90 Å². The summed E-state index contributed by atoms with van der Waals surface area (Å²) in [7, 11) is 1.65. The Hall–Kier alpha value is -2.85. The van der Waals surface area contributed by atoms with Crippen LogP contribution >= 0.6 is 0 Å². The largest absolute Gasteiger partial charge is 0.497 e. The zero-order chi connectivity index (χ0) is 36.2. The highest BCUT2D eigenvalue weighted by atomic mass is 17.3. The number of fused-ring (bicyclic) bond motifs is 2. The molecule has 1 aliphatic carbocycles. The summed E-state index contributed by atoms with van der Waals surface area (Å²) < 4.78 is 24.7. The molecule has 1 spiro atoms. The number of nitrogens with one attached hydrogen (secondary N) is 4. The third kappa shape index (κ3) is 8.53. The first-order chi connectivity index (χ1) is 24.5. The molecule has 1 saturated carbocycles. The molecule has 2 bridgehead atoms. The fourth-order valence-electron chi connectivity index (χ4n) is 8.50. The van der Waals surface area contributed by atoms with Gasteiger partial charge in [-0.05, 0) is 90.0 Å². The minimum atomic E-state index is -0.790. The number of rotatable bonds is 17. The Balaban J connectivity index is 0.996. The van der Waals surface area contributed by atoms with E-state index in [1.807, 2.05) is 31.2 Å². The Bertz CT molecular complexity index is 1410. The highest BCUT2D eigenvalue weighted by Gasteiger charge is 2.69. The molecule has 5 aliphatic rings. The van der Waals surface area contributed by atoms with Gasteiger partial charge in [0.15, 0.2) is 18.2 Å². The molecule has 14 heteroatoms. The molecule has 4 aliphatic heterocycles. The Labute approximate surface area is 303 Å². The van der Waals surface area contributed by atoms with Crippen LogP contribution in [0.5, 0.6) is 5.75 Å². The van der Waals surface area contributed by atoms with Gasteiger partial charge in [-0.2, -0.15) is 15.0 Å². The van der Waals surface area contributed by atoms with Crippen molar-refractivity contribution >= 4 is 23.5 Å². The van der Waals surface area contributed by atoms with E-state index in [0.29, 0.717) is 74.6 Å². The summed E-state index contributed by atoms with van der Waals surface area (Å²) in [6, 6.07) is 8.53. The number of nitrogens with zero attached hydrogens (tertiary/aromatic N) is 4. The molecule has 1 aromatic heterocycles. The molecule has 7 rings (SSSR count). The van der Waals surface area contributed by atoms with Gasteiger partial charge in [-0.25, -0.2) is 9.78 Å². The number of anilines is 4. The van der Waals surface area contributed by atoms with Crippen LogP contribution in [0.4, 0.5) is 23.5 Å². The van der Waals surface area contributed by atoms with E-state index in [1.165, 1.54) is 6.42 Å². The van der Waals surface area contributed by atoms with Crippen molar-refractivity contribution in [3.8, 4) is 5.75 Å². The predicted octanol–water partition coefficient (Wildman–Crippen LogP) is 5.38. The minimum absolute atomic E-state index is 0.152. The Morgan fingerprint density at radius 3 is 2.27 bits per heavy atom. The molecule has 5 heterocycles. The zero-order valence-corrected chi connectivity index (χ0v) is 31.7. The van der Waals surface area contributed by atoms with Gasteiger partial charge in [-0.15, -0.1) is 0 Å². The smallest absolute Gasteiger partial charge is 0.233 e. The number of hydrogen-bond donors (Lipinski definition) is 4. The maximum atomic E-state index is 6.55. The minimum Gasteiger partial charge on any atom is -0.497 e. The maximum absolute atomic E-state index is 6.55. The highest BCUT2D eigenvalue weighted by molar-refractivity contribution is 5.56. The van der Waals surface area contributed by atoms with Crippen molar-refractivity contribution in [2.75, 3.05) is 62.4 Å². The Morgan fingerprint density at radius 2 is 1.57 bits per heavy atom. The van der Waals surface area contributed by atoms with Gasteiger partial charge in [0.05, 0.1) is 13.7 Å². The average molecular weight is 713 g/mol. The van der Waals surface area contributed by atoms with Gasteiger partial charge in [0.2, 0.25) is 23.6 Å². The van der Waals surface area contributed by atoms with E-state index in [1.54, 1.807) is 7.11 Å². The quantitative estimate of drug-likeness (QED) is 0.123. The normalized spacial score (nSPS) is 31.4. The summed E-state index contributed by atoms with van der Waals surface area (Å²) in [5.74, 6) is 2.71. The van der Waals surface area contributed by atoms with Gasteiger partial charge in [-0.1, -0.05) is 13.8 Å². The summed E-state index contributed by atoms with van der Waals surface area (Å²) in [5.41, 5.74) is 0.275. The first-order valence-corrected chi connectivity index (χ1v) is 18.9. The molecule has 0 unspecified atom stereocenters. The lowest BCUT2D eigenvalue weighted by atomic mass is 9.58. The van der Waals surface area contributed by atoms with Crippen molar-refractivity contribution in [2.24, 2.45) is 23.7 Å². The van der Waals surface area contributed by atoms with Gasteiger partial charge < -0.3 is 40.2 Å². The molecular formula is C37H60N8O6. The standard InChI is InChI=1S/C37H60N8O6/c1-23(2)45(24(3)4)21-19-40-34-42-33(43-35(44-34)41-27-10-12-28(46-8)13-11-27)39-18-17-38-20-22-47-31-26(6)30-14-9-25(5)29-15-16-36(7)49-32(48-31)37(29,30)51-50-36/h10-13,23-26,29-32,38H,9,14-22H2,1-8H3,(H3,39,40,41,42,43,44)/t25-,26-,29+,30+,31+,32-,36-,37-/m1/s1. The van der Waals surface area contributed by atoms with Crippen LogP contribution in [-0.4, -0.2) is 102 Å². The molecule has 284 valence electrons. The van der Waals surface area contributed by atoms with Crippen LogP contribution in [0, 0.1) is 23.7 Å². The Morgan fingerprint density at radius 1 is 0.863 bits per heavy atom. The second kappa shape index (κ2) is 16.4. The molecule has 5 fully saturated rings. The van der Waals surface area contributed by atoms with Gasteiger partial charge in [0, 0.05) is 68.8 Å². The molecule has 14 nitrogen and oxygen atoms in total. The van der Waals surface area contributed by atoms with Crippen LogP contribution in [0.3, 0.4) is 0 Å². The lowest BCUT2D eigenvalue weighted by molar-refractivity contribution is -0.577. The van der Waals surface area contributed by atoms with E-state index in [0.717, 1.165) is 37.2 Å². The summed E-state index contributed by atoms with van der Waals surface area (Å²) in [5, 5.41) is 13.5. The first kappa shape index (κ1) is 37.9. The van der Waals surface area contributed by atoms with Crippen LogP contribution in [0.1, 0.15) is 74.1 Å². The summed E-state index contributed by atoms with van der Waals surface area (Å²) in [6.07, 6.45) is 3.16. The SMILES string of the molecule is COc1ccc(Nc2nc(NCCNCCO[C@H]3O[C@@H]4O[C@@]5(C)CC[C@H]6[C@H](C)CC[C@@H]([C@H]3C)[C@@]46OO5)nc(NCCN(C(C)C)C(C)C)n2)cc1. The van der Waals surface area contributed by atoms with E-state index in [2.05, 4.69) is 82.7 Å². The summed E-state index contributed by atoms with van der Waals surface area (Å²) >= 11 is 0. The van der Waals surface area contributed by atoms with Crippen LogP contribution in [0.15, 0.2) is 24.3 Å². The van der Waals surface area contributed by atoms with Crippen molar-refractivity contribution < 1.29 is 28.7 Å². The molecule has 0 radical (unpaired) electrons. The number of ether oxygens (including phenoxy) is 4. The van der Waals surface area contributed by atoms with Crippen LogP contribution in [-0.2, 0) is 24.0 Å². The topological polar surface area (TPSA) is 145 Å². The van der Waals surface area contributed by atoms with Crippen molar-refractivity contribution in [1.82, 2.24) is 25.2 Å². The van der Waals surface area contributed by atoms with Crippen molar-refractivity contribution in [1.29, 1.82) is 0 Å². The monoisotopic (exact) mass is 712 g/mol. The second-order valence-electron chi connectivity index (χ2n) is 15.3. The number of hydrogen-bond acceptors (Lipinski definition) is 14. The fourth-order valence-corrected chi connectivity index (χ4v) is 8.50. The molecule has 4 N–H and O–H groups in total. The third-order valence-electron chi connectivity index (χ3n) is 11.2. The summed E-state index contributed by atoms with van der Waals surface area (Å²) in [4.78, 5) is 28.6. The molecule has 0 amide bonds. The van der Waals surface area contributed by atoms with E-state index in [4.69, 9.17) is 28.7 Å². The number of benzene rings is 1. The van der Waals surface area contributed by atoms with E-state index in [9.17, 15) is 0 Å². The van der Waals surface area contributed by atoms with Crippen LogP contribution in [0.2, 0.25) is 0 Å². The zero-order valence-electron chi connectivity index (χ0n) is 31.7. The number of methoxy groups -OCH3 is 1. The number of aromatic nitrogens is 3. The molecule has 4 saturated heterocycles. The van der Waals surface area contributed by atoms with Crippen molar-refractivity contribution in [3.63, 3.8) is 0 Å². The Kier molecular flexibility index (Phi) is 12.2. The van der Waals surface area contributed by atoms with Crippen LogP contribution < -0.4 is 26.0 Å². The lowest BCUT2D eigenvalue weighted by Gasteiger charge is -2.60. The van der Waals surface area contributed by atoms with Crippen molar-refractivity contribution in [2.45, 2.75) is 110 Å². The molecular weight excluding hydrogens is 652 g/mol. The molecule has 8 atom stereocenters. The van der Waals surface area contributed by atoms with Gasteiger partial charge >= 0.3 is 0 Å². The highest BCUT2D eigenvalue weighted by Crippen LogP contribution is 2.60. The predicted molar refractivity (Wildman–Crippen MR) is 196 cm³/mol. The lowest BCUT2D eigenvalue weighted by Crippen LogP contribution is -2.70. The van der Waals surface area contributed by atoms with Gasteiger partial charge in [0.25, 0.3) is 0 Å². The summed E-state index contributed by atoms with van der Waals surface area (Å²) in [6.45, 7) is 19.4. The average Bonchev–Trinajstić information content (AvgIpc) is 3.33.